The molecule has 1 aliphatic heterocycles. The molecule has 1 N–H and O–H groups in total. The van der Waals surface area contributed by atoms with Gasteiger partial charge in [0.15, 0.2) is 0 Å². The first-order chi connectivity index (χ1) is 12.0. The van der Waals surface area contributed by atoms with Gasteiger partial charge in [-0.05, 0) is 26.2 Å². The van der Waals surface area contributed by atoms with E-state index < -0.39 is 6.10 Å². The molecule has 25 heavy (non-hydrogen) atoms. The molecule has 0 saturated heterocycles. The number of aliphatic hydroxyl groups excluding tert-OH is 1. The third-order valence-corrected chi connectivity index (χ3v) is 4.17. The zero-order valence-corrected chi connectivity index (χ0v) is 14.7. The van der Waals surface area contributed by atoms with E-state index >= 15 is 0 Å². The number of likely N-dealkylation sites (N-methyl/N-ethyl adjacent to an activating group) is 1. The highest BCUT2D eigenvalue weighted by Gasteiger charge is 2.25. The predicted molar refractivity (Wildman–Crippen MR) is 91.3 cm³/mol. The lowest BCUT2D eigenvalue weighted by Crippen LogP contribution is -2.38. The van der Waals surface area contributed by atoms with Crippen LogP contribution in [-0.2, 0) is 13.1 Å². The highest BCUT2D eigenvalue weighted by atomic mass is 16.5. The Labute approximate surface area is 146 Å². The van der Waals surface area contributed by atoms with Crippen molar-refractivity contribution in [1.82, 2.24) is 24.6 Å². The minimum absolute atomic E-state index is 0.0662. The first kappa shape index (κ1) is 17.4. The molecule has 2 aromatic rings. The second-order valence-corrected chi connectivity index (χ2v) is 6.38. The van der Waals surface area contributed by atoms with Gasteiger partial charge in [-0.3, -0.25) is 9.48 Å². The Morgan fingerprint density at radius 2 is 2.20 bits per heavy atom. The molecule has 8 nitrogen and oxygen atoms in total. The average Bonchev–Trinajstić information content (AvgIpc) is 3.04. The smallest absolute Gasteiger partial charge is 0.254 e. The number of aliphatic hydroxyl groups is 1. The monoisotopic (exact) mass is 345 g/mol. The summed E-state index contributed by atoms with van der Waals surface area (Å²) in [7, 11) is 5.34. The molecule has 0 saturated carbocycles. The first-order valence-electron chi connectivity index (χ1n) is 8.16. The molecule has 0 bridgehead atoms. The van der Waals surface area contributed by atoms with Crippen LogP contribution < -0.4 is 4.74 Å². The molecule has 134 valence electrons. The highest BCUT2D eigenvalue weighted by Crippen LogP contribution is 2.20. The molecule has 1 atom stereocenters. The zero-order chi connectivity index (χ0) is 18.0. The Morgan fingerprint density at radius 1 is 1.40 bits per heavy atom. The molecule has 2 aromatic heterocycles. The minimum atomic E-state index is -0.637. The molecule has 0 spiro atoms. The Morgan fingerprint density at radius 3 is 2.92 bits per heavy atom. The van der Waals surface area contributed by atoms with E-state index in [-0.39, 0.29) is 5.91 Å². The van der Waals surface area contributed by atoms with Crippen molar-refractivity contribution in [2.45, 2.75) is 19.2 Å². The Balaban J connectivity index is 1.74. The number of hydrogen-bond donors (Lipinski definition) is 1. The molecule has 0 radical (unpaired) electrons. The van der Waals surface area contributed by atoms with E-state index in [1.807, 2.05) is 29.7 Å². The van der Waals surface area contributed by atoms with Gasteiger partial charge < -0.3 is 19.6 Å². The van der Waals surface area contributed by atoms with Crippen molar-refractivity contribution in [3.8, 4) is 5.88 Å². The quantitative estimate of drug-likeness (QED) is 0.851. The van der Waals surface area contributed by atoms with E-state index in [4.69, 9.17) is 4.74 Å². The molecule has 0 fully saturated rings. The summed E-state index contributed by atoms with van der Waals surface area (Å²) in [5.41, 5.74) is 2.12. The predicted octanol–water partition coefficient (Wildman–Crippen LogP) is 0.538. The maximum Gasteiger partial charge on any atom is 0.254 e. The van der Waals surface area contributed by atoms with Crippen molar-refractivity contribution in [3.05, 3.63) is 41.3 Å². The molecule has 1 unspecified atom stereocenters. The minimum Gasteiger partial charge on any atom is -0.481 e. The van der Waals surface area contributed by atoms with Crippen LogP contribution in [0.1, 0.15) is 27.8 Å². The van der Waals surface area contributed by atoms with Crippen molar-refractivity contribution < 1.29 is 14.6 Å². The number of fused-ring (bicyclic) bond motifs is 1. The second-order valence-electron chi connectivity index (χ2n) is 6.38. The lowest BCUT2D eigenvalue weighted by molar-refractivity contribution is 0.0705. The lowest BCUT2D eigenvalue weighted by Gasteiger charge is -2.27. The fourth-order valence-corrected chi connectivity index (χ4v) is 2.90. The summed E-state index contributed by atoms with van der Waals surface area (Å²) >= 11 is 0. The molecule has 1 amide bonds. The van der Waals surface area contributed by atoms with Gasteiger partial charge in [0.25, 0.3) is 5.91 Å². The number of nitrogens with zero attached hydrogens (tertiary/aromatic N) is 5. The maximum atomic E-state index is 12.7. The number of amides is 1. The summed E-state index contributed by atoms with van der Waals surface area (Å²) in [6.45, 7) is 2.15. The Kier molecular flexibility index (Phi) is 5.00. The van der Waals surface area contributed by atoms with Crippen LogP contribution in [0.15, 0.2) is 24.4 Å². The normalized spacial score (nSPS) is 15.2. The summed E-state index contributed by atoms with van der Waals surface area (Å²) < 4.78 is 6.95. The molecule has 0 aliphatic carbocycles. The molecule has 3 rings (SSSR count). The largest absolute Gasteiger partial charge is 0.481 e. The highest BCUT2D eigenvalue weighted by molar-refractivity contribution is 5.94. The second kappa shape index (κ2) is 7.20. The Bertz CT molecular complexity index is 758. The molecular weight excluding hydrogens is 322 g/mol. The summed E-state index contributed by atoms with van der Waals surface area (Å²) in [4.78, 5) is 20.4. The number of ether oxygens (including phenoxy) is 1. The van der Waals surface area contributed by atoms with Crippen LogP contribution in [0.5, 0.6) is 5.88 Å². The Hall–Kier alpha value is -2.45. The third-order valence-electron chi connectivity index (χ3n) is 4.17. The fraction of sp³-hybridized carbons (Fsp3) is 0.471. The van der Waals surface area contributed by atoms with Gasteiger partial charge in [-0.2, -0.15) is 5.10 Å². The van der Waals surface area contributed by atoms with Crippen molar-refractivity contribution >= 4 is 5.91 Å². The topological polar surface area (TPSA) is 83.7 Å². The van der Waals surface area contributed by atoms with Crippen LogP contribution in [0, 0.1) is 0 Å². The van der Waals surface area contributed by atoms with E-state index in [1.165, 1.54) is 7.11 Å². The number of aromatic nitrogens is 3. The fourth-order valence-electron chi connectivity index (χ4n) is 2.90. The number of methoxy groups -OCH3 is 1. The molecule has 8 heteroatoms. The van der Waals surface area contributed by atoms with Crippen molar-refractivity contribution in [1.29, 1.82) is 0 Å². The number of carbonyl (C=O) groups is 1. The number of hydrogen-bond acceptors (Lipinski definition) is 6. The van der Waals surface area contributed by atoms with Crippen LogP contribution in [0.2, 0.25) is 0 Å². The van der Waals surface area contributed by atoms with Crippen molar-refractivity contribution in [2.75, 3.05) is 34.3 Å². The molecule has 3 heterocycles. The van der Waals surface area contributed by atoms with Crippen LogP contribution in [-0.4, -0.2) is 69.9 Å². The van der Waals surface area contributed by atoms with Gasteiger partial charge in [-0.1, -0.05) is 0 Å². The van der Waals surface area contributed by atoms with Crippen LogP contribution in [0.3, 0.4) is 0 Å². The van der Waals surface area contributed by atoms with E-state index in [1.54, 1.807) is 23.2 Å². The number of carbonyl (C=O) groups excluding carboxylic acids is 1. The standard InChI is InChI=1S/C17H23N5O3/c1-20(2)11-15(23)14-9-13-10-21(6-7-22(13)19-14)17(24)12-4-5-18-16(8-12)25-3/h4-5,8-9,15,23H,6-7,10-11H2,1-3H3. The van der Waals surface area contributed by atoms with E-state index in [0.717, 1.165) is 5.69 Å². The van der Waals surface area contributed by atoms with Gasteiger partial charge in [0.2, 0.25) is 5.88 Å². The summed E-state index contributed by atoms with van der Waals surface area (Å²) in [5.74, 6) is 0.352. The summed E-state index contributed by atoms with van der Waals surface area (Å²) in [6, 6.07) is 5.20. The molecule has 0 aromatic carbocycles. The van der Waals surface area contributed by atoms with Crippen LogP contribution in [0.4, 0.5) is 0 Å². The van der Waals surface area contributed by atoms with Gasteiger partial charge in [0.05, 0.1) is 31.6 Å². The average molecular weight is 345 g/mol. The summed E-state index contributed by atoms with van der Waals surface area (Å²) in [5, 5.41) is 14.7. The van der Waals surface area contributed by atoms with E-state index in [9.17, 15) is 9.90 Å². The summed E-state index contributed by atoms with van der Waals surface area (Å²) in [6.07, 6.45) is 0.928. The first-order valence-corrected chi connectivity index (χ1v) is 8.16. The van der Waals surface area contributed by atoms with Gasteiger partial charge in [-0.15, -0.1) is 0 Å². The lowest BCUT2D eigenvalue weighted by atomic mass is 10.2. The van der Waals surface area contributed by atoms with Gasteiger partial charge in [0, 0.05) is 30.9 Å². The van der Waals surface area contributed by atoms with Gasteiger partial charge in [-0.25, -0.2) is 4.98 Å². The van der Waals surface area contributed by atoms with Crippen molar-refractivity contribution in [2.24, 2.45) is 0 Å². The SMILES string of the molecule is COc1cc(C(=O)N2CCn3nc(C(O)CN(C)C)cc3C2)ccn1. The number of rotatable bonds is 5. The van der Waals surface area contributed by atoms with Crippen molar-refractivity contribution in [3.63, 3.8) is 0 Å². The van der Waals surface area contributed by atoms with E-state index in [2.05, 4.69) is 10.1 Å². The third kappa shape index (κ3) is 3.80. The molecular formula is C17H23N5O3. The van der Waals surface area contributed by atoms with E-state index in [0.29, 0.717) is 43.3 Å². The van der Waals surface area contributed by atoms with Crippen LogP contribution in [0.25, 0.3) is 0 Å². The van der Waals surface area contributed by atoms with Gasteiger partial charge >= 0.3 is 0 Å². The molecule has 1 aliphatic rings. The number of pyridine rings is 1. The maximum absolute atomic E-state index is 12.7. The zero-order valence-electron chi connectivity index (χ0n) is 14.7. The van der Waals surface area contributed by atoms with Crippen LogP contribution >= 0.6 is 0 Å². The van der Waals surface area contributed by atoms with Gasteiger partial charge in [0.1, 0.15) is 6.10 Å².